The fourth-order valence-electron chi connectivity index (χ4n) is 2.80. The minimum atomic E-state index is -4.37. The lowest BCUT2D eigenvalue weighted by Crippen LogP contribution is -2.26. The van der Waals surface area contributed by atoms with E-state index in [2.05, 4.69) is 5.32 Å². The molecule has 1 heterocycles. The van der Waals surface area contributed by atoms with Gasteiger partial charge in [0.25, 0.3) is 0 Å². The normalized spacial score (nSPS) is 20.9. The van der Waals surface area contributed by atoms with E-state index in [0.717, 1.165) is 0 Å². The fraction of sp³-hybridized carbons (Fsp3) is 0.600. The predicted octanol–water partition coefficient (Wildman–Crippen LogP) is 2.63. The Morgan fingerprint density at radius 1 is 1.43 bits per heavy atom. The monoisotopic (exact) mass is 302 g/mol. The highest BCUT2D eigenvalue weighted by molar-refractivity contribution is 5.57. The van der Waals surface area contributed by atoms with Crippen molar-refractivity contribution in [1.82, 2.24) is 5.32 Å². The summed E-state index contributed by atoms with van der Waals surface area (Å²) < 4.78 is 39.8. The molecule has 1 fully saturated rings. The van der Waals surface area contributed by atoms with Crippen LogP contribution in [0.25, 0.3) is 0 Å². The second-order valence-corrected chi connectivity index (χ2v) is 5.61. The van der Waals surface area contributed by atoms with Crippen molar-refractivity contribution < 1.29 is 18.3 Å². The van der Waals surface area contributed by atoms with Crippen LogP contribution < -0.4 is 10.2 Å². The van der Waals surface area contributed by atoms with E-state index in [1.54, 1.807) is 31.0 Å². The zero-order valence-electron chi connectivity index (χ0n) is 12.2. The first-order chi connectivity index (χ1) is 9.82. The largest absolute Gasteiger partial charge is 0.418 e. The first-order valence-corrected chi connectivity index (χ1v) is 7.10. The number of halogens is 3. The van der Waals surface area contributed by atoms with Gasteiger partial charge in [0.05, 0.1) is 11.7 Å². The van der Waals surface area contributed by atoms with E-state index in [1.165, 1.54) is 6.07 Å². The van der Waals surface area contributed by atoms with Crippen molar-refractivity contribution in [3.63, 3.8) is 0 Å². The molecule has 0 aromatic heterocycles. The van der Waals surface area contributed by atoms with Crippen LogP contribution in [0.1, 0.15) is 24.5 Å². The van der Waals surface area contributed by atoms with Crippen LogP contribution in [0.5, 0.6) is 0 Å². The minimum absolute atomic E-state index is 0.0306. The van der Waals surface area contributed by atoms with Gasteiger partial charge in [0, 0.05) is 31.2 Å². The average molecular weight is 302 g/mol. The van der Waals surface area contributed by atoms with Crippen LogP contribution in [-0.2, 0) is 12.7 Å². The van der Waals surface area contributed by atoms with Crippen LogP contribution in [0.15, 0.2) is 18.2 Å². The molecule has 0 radical (unpaired) electrons. The molecule has 21 heavy (non-hydrogen) atoms. The van der Waals surface area contributed by atoms with Crippen LogP contribution in [0.4, 0.5) is 18.9 Å². The molecule has 0 aliphatic carbocycles. The SMILES string of the molecule is CNCc1ccc(N2CCC(C(C)O)C2)c(C(F)(F)F)c1. The molecule has 0 spiro atoms. The maximum Gasteiger partial charge on any atom is 0.418 e. The van der Waals surface area contributed by atoms with E-state index in [-0.39, 0.29) is 11.6 Å². The van der Waals surface area contributed by atoms with Crippen molar-refractivity contribution in [2.24, 2.45) is 5.92 Å². The van der Waals surface area contributed by atoms with Gasteiger partial charge in [-0.3, -0.25) is 0 Å². The highest BCUT2D eigenvalue weighted by Gasteiger charge is 2.37. The third-order valence-corrected chi connectivity index (χ3v) is 3.99. The van der Waals surface area contributed by atoms with Gasteiger partial charge in [-0.15, -0.1) is 0 Å². The molecule has 0 amide bonds. The Morgan fingerprint density at radius 3 is 2.67 bits per heavy atom. The number of rotatable bonds is 4. The van der Waals surface area contributed by atoms with E-state index in [9.17, 15) is 18.3 Å². The lowest BCUT2D eigenvalue weighted by Gasteiger charge is -2.24. The van der Waals surface area contributed by atoms with Gasteiger partial charge in [-0.25, -0.2) is 0 Å². The van der Waals surface area contributed by atoms with Crippen molar-refractivity contribution in [2.45, 2.75) is 32.2 Å². The standard InChI is InChI=1S/C15H21F3N2O/c1-10(21)12-5-6-20(9-12)14-4-3-11(8-19-2)7-13(14)15(16,17)18/h3-4,7,10,12,19,21H,5-6,8-9H2,1-2H3. The Labute approximate surface area is 122 Å². The highest BCUT2D eigenvalue weighted by atomic mass is 19.4. The molecule has 0 bridgehead atoms. The van der Waals surface area contributed by atoms with Gasteiger partial charge in [0.2, 0.25) is 0 Å². The molecule has 1 aliphatic rings. The van der Waals surface area contributed by atoms with Crippen LogP contribution in [0, 0.1) is 5.92 Å². The molecule has 2 unspecified atom stereocenters. The van der Waals surface area contributed by atoms with Crippen LogP contribution >= 0.6 is 0 Å². The summed E-state index contributed by atoms with van der Waals surface area (Å²) in [4.78, 5) is 1.73. The van der Waals surface area contributed by atoms with Gasteiger partial charge >= 0.3 is 6.18 Å². The summed E-state index contributed by atoms with van der Waals surface area (Å²) in [7, 11) is 1.70. The summed E-state index contributed by atoms with van der Waals surface area (Å²) in [5, 5.41) is 12.5. The average Bonchev–Trinajstić information content (AvgIpc) is 2.87. The van der Waals surface area contributed by atoms with Gasteiger partial charge in [0.1, 0.15) is 0 Å². The van der Waals surface area contributed by atoms with E-state index in [4.69, 9.17) is 0 Å². The number of hydrogen-bond acceptors (Lipinski definition) is 3. The van der Waals surface area contributed by atoms with Crippen molar-refractivity contribution in [2.75, 3.05) is 25.0 Å². The van der Waals surface area contributed by atoms with Crippen LogP contribution in [0.2, 0.25) is 0 Å². The van der Waals surface area contributed by atoms with Crippen LogP contribution in [0.3, 0.4) is 0 Å². The number of nitrogens with one attached hydrogen (secondary N) is 1. The Morgan fingerprint density at radius 2 is 2.14 bits per heavy atom. The summed E-state index contributed by atoms with van der Waals surface area (Å²) in [5.41, 5.74) is 0.229. The molecule has 2 N–H and O–H groups in total. The molecule has 118 valence electrons. The molecule has 6 heteroatoms. The van der Waals surface area contributed by atoms with Gasteiger partial charge in [-0.05, 0) is 38.1 Å². The van der Waals surface area contributed by atoms with Crippen molar-refractivity contribution in [1.29, 1.82) is 0 Å². The van der Waals surface area contributed by atoms with E-state index >= 15 is 0 Å². The zero-order valence-corrected chi connectivity index (χ0v) is 12.2. The molecule has 1 saturated heterocycles. The minimum Gasteiger partial charge on any atom is -0.393 e. The molecular weight excluding hydrogens is 281 g/mol. The summed E-state index contributed by atoms with van der Waals surface area (Å²) in [6.07, 6.45) is -4.15. The Kier molecular flexibility index (Phi) is 4.78. The number of nitrogens with zero attached hydrogens (tertiary/aromatic N) is 1. The number of hydrogen-bond donors (Lipinski definition) is 2. The first-order valence-electron chi connectivity index (χ1n) is 7.10. The Hall–Kier alpha value is -1.27. The van der Waals surface area contributed by atoms with Crippen molar-refractivity contribution >= 4 is 5.69 Å². The summed E-state index contributed by atoms with van der Waals surface area (Å²) >= 11 is 0. The van der Waals surface area contributed by atoms with Crippen molar-refractivity contribution in [3.05, 3.63) is 29.3 Å². The summed E-state index contributed by atoms with van der Waals surface area (Å²) in [6.45, 7) is 3.10. The smallest absolute Gasteiger partial charge is 0.393 e. The topological polar surface area (TPSA) is 35.5 Å². The lowest BCUT2D eigenvalue weighted by atomic mass is 10.0. The Bertz CT molecular complexity index is 488. The third kappa shape index (κ3) is 3.68. The summed E-state index contributed by atoms with van der Waals surface area (Å²) in [6, 6.07) is 4.47. The second-order valence-electron chi connectivity index (χ2n) is 5.61. The van der Waals surface area contributed by atoms with E-state index in [1.807, 2.05) is 0 Å². The molecule has 1 aromatic rings. The third-order valence-electron chi connectivity index (χ3n) is 3.99. The maximum absolute atomic E-state index is 13.3. The van der Waals surface area contributed by atoms with E-state index in [0.29, 0.717) is 31.6 Å². The second kappa shape index (κ2) is 6.23. The van der Waals surface area contributed by atoms with E-state index < -0.39 is 17.8 Å². The molecule has 2 atom stereocenters. The highest BCUT2D eigenvalue weighted by Crippen LogP contribution is 2.39. The fourth-order valence-corrected chi connectivity index (χ4v) is 2.80. The van der Waals surface area contributed by atoms with Gasteiger partial charge in [0.15, 0.2) is 0 Å². The summed E-state index contributed by atoms with van der Waals surface area (Å²) in [5.74, 6) is 0.0306. The molecule has 0 saturated carbocycles. The van der Waals surface area contributed by atoms with Gasteiger partial charge in [-0.2, -0.15) is 13.2 Å². The molecule has 1 aliphatic heterocycles. The predicted molar refractivity (Wildman–Crippen MR) is 76.2 cm³/mol. The lowest BCUT2D eigenvalue weighted by molar-refractivity contribution is -0.137. The zero-order chi connectivity index (χ0) is 15.6. The number of aliphatic hydroxyl groups is 1. The van der Waals surface area contributed by atoms with Crippen LogP contribution in [-0.4, -0.2) is 31.3 Å². The first kappa shape index (κ1) is 16.1. The number of alkyl halides is 3. The molecule has 1 aromatic carbocycles. The number of anilines is 1. The number of benzene rings is 1. The maximum atomic E-state index is 13.3. The quantitative estimate of drug-likeness (QED) is 0.897. The van der Waals surface area contributed by atoms with Crippen molar-refractivity contribution in [3.8, 4) is 0 Å². The molecule has 2 rings (SSSR count). The van der Waals surface area contributed by atoms with Gasteiger partial charge in [-0.1, -0.05) is 6.07 Å². The van der Waals surface area contributed by atoms with Gasteiger partial charge < -0.3 is 15.3 Å². The Balaban J connectivity index is 2.31. The number of aliphatic hydroxyl groups excluding tert-OH is 1. The molecule has 3 nitrogen and oxygen atoms in total. The molecular formula is C15H21F3N2O.